The monoisotopic (exact) mass is 364 g/mol. The number of aliphatic hydroxyl groups is 1. The van der Waals surface area contributed by atoms with E-state index in [1.54, 1.807) is 0 Å². The Labute approximate surface area is 165 Å². The van der Waals surface area contributed by atoms with E-state index >= 15 is 0 Å². The van der Waals surface area contributed by atoms with Gasteiger partial charge in [-0.1, -0.05) is 6.92 Å². The Hall–Kier alpha value is -0.740. The third-order valence-electron chi connectivity index (χ3n) is 4.47. The number of carbonyl (C=O) groups is 3. The van der Waals surface area contributed by atoms with Gasteiger partial charge in [-0.05, 0) is 6.92 Å². The zero-order valence-electron chi connectivity index (χ0n) is 13.6. The first-order chi connectivity index (χ1) is 10.8. The summed E-state index contributed by atoms with van der Waals surface area (Å²) in [7, 11) is 0. The minimum Gasteiger partial charge on any atom is -0.543 e. The number of aliphatic hydroxyl groups excluding tert-OH is 1. The van der Waals surface area contributed by atoms with Crippen LogP contribution < -0.4 is 40.0 Å². The summed E-state index contributed by atoms with van der Waals surface area (Å²) in [6.07, 6.45) is -1.33. The van der Waals surface area contributed by atoms with E-state index in [1.807, 2.05) is 6.92 Å². The van der Waals surface area contributed by atoms with Crippen LogP contribution in [0.25, 0.3) is 0 Å². The third-order valence-corrected chi connectivity index (χ3v) is 5.93. The number of hydrogen-bond acceptors (Lipinski definition) is 7. The molecule has 0 radical (unpaired) electrons. The molecule has 2 saturated heterocycles. The number of aliphatic carboxylic acids is 1. The Morgan fingerprint density at radius 2 is 2.17 bits per heavy atom. The van der Waals surface area contributed by atoms with E-state index in [0.29, 0.717) is 11.4 Å². The molecule has 0 aromatic carbocycles. The summed E-state index contributed by atoms with van der Waals surface area (Å²) in [5.41, 5.74) is -0.119. The molecule has 126 valence electrons. The van der Waals surface area contributed by atoms with Gasteiger partial charge >= 0.3 is 35.7 Å². The smallest absolute Gasteiger partial charge is 0.543 e. The number of rotatable bonds is 4. The molecular weight excluding hydrogens is 347 g/mol. The number of carboxylic acids is 1. The Bertz CT molecular complexity index is 600. The molecular formula is C14H17N2NaO6S. The van der Waals surface area contributed by atoms with Gasteiger partial charge in [0.1, 0.15) is 6.61 Å². The molecule has 0 aromatic rings. The van der Waals surface area contributed by atoms with Crippen LogP contribution in [-0.2, 0) is 14.3 Å². The van der Waals surface area contributed by atoms with Crippen LogP contribution in [0, 0.1) is 11.8 Å². The average Bonchev–Trinajstić information content (AvgIpc) is 2.71. The Kier molecular flexibility index (Phi) is 5.91. The van der Waals surface area contributed by atoms with Crippen molar-refractivity contribution in [2.24, 2.45) is 11.8 Å². The number of fused-ring (bicyclic) bond motifs is 1. The molecule has 0 bridgehead atoms. The molecule has 2 amide bonds. The van der Waals surface area contributed by atoms with Crippen LogP contribution in [0.2, 0.25) is 0 Å². The van der Waals surface area contributed by atoms with Crippen LogP contribution in [0.15, 0.2) is 10.6 Å². The van der Waals surface area contributed by atoms with Crippen LogP contribution in [0.4, 0.5) is 4.79 Å². The summed E-state index contributed by atoms with van der Waals surface area (Å²) in [6.45, 7) is 3.89. The van der Waals surface area contributed by atoms with Gasteiger partial charge in [0.05, 0.1) is 35.0 Å². The second-order valence-electron chi connectivity index (χ2n) is 5.97. The standard InChI is InChI=1S/C14H18N2O6S.Na/c1-5-9-8(6(2)17)12(18)16(9)10(13(19)20)11(5)23-7-3-15-14(21)22-4-7;/h5-9,17H,3-4H2,1-2H3,(H,15,21)(H,19,20);/q;+1/p-1/t5-,6-,7?,8-,9-;/m1./s1. The van der Waals surface area contributed by atoms with E-state index < -0.39 is 24.1 Å². The van der Waals surface area contributed by atoms with E-state index in [2.05, 4.69) is 5.32 Å². The first kappa shape index (κ1) is 19.6. The summed E-state index contributed by atoms with van der Waals surface area (Å²) in [5.74, 6) is -2.61. The zero-order valence-corrected chi connectivity index (χ0v) is 16.5. The maximum absolute atomic E-state index is 12.2. The van der Waals surface area contributed by atoms with Crippen molar-refractivity contribution in [3.63, 3.8) is 0 Å². The van der Waals surface area contributed by atoms with Crippen molar-refractivity contribution in [2.75, 3.05) is 13.2 Å². The van der Waals surface area contributed by atoms with Gasteiger partial charge in [-0.25, -0.2) is 4.79 Å². The zero-order chi connectivity index (χ0) is 16.9. The molecule has 2 fully saturated rings. The second-order valence-corrected chi connectivity index (χ2v) is 7.32. The largest absolute Gasteiger partial charge is 1.00 e. The van der Waals surface area contributed by atoms with Gasteiger partial charge in [-0.3, -0.25) is 4.79 Å². The van der Waals surface area contributed by atoms with Crippen molar-refractivity contribution in [2.45, 2.75) is 31.2 Å². The molecule has 10 heteroatoms. The molecule has 0 aromatic heterocycles. The molecule has 0 aliphatic carbocycles. The fourth-order valence-electron chi connectivity index (χ4n) is 3.40. The first-order valence-electron chi connectivity index (χ1n) is 7.36. The quantitative estimate of drug-likeness (QED) is 0.382. The minimum absolute atomic E-state index is 0. The van der Waals surface area contributed by atoms with Gasteiger partial charge in [0.15, 0.2) is 0 Å². The Morgan fingerprint density at radius 1 is 1.50 bits per heavy atom. The van der Waals surface area contributed by atoms with Crippen LogP contribution in [-0.4, -0.2) is 58.5 Å². The average molecular weight is 364 g/mol. The molecule has 2 N–H and O–H groups in total. The summed E-state index contributed by atoms with van der Waals surface area (Å²) in [5, 5.41) is 23.7. The van der Waals surface area contributed by atoms with Crippen LogP contribution >= 0.6 is 11.8 Å². The van der Waals surface area contributed by atoms with Crippen LogP contribution in [0.1, 0.15) is 13.8 Å². The third kappa shape index (κ3) is 3.08. The molecule has 1 unspecified atom stereocenters. The van der Waals surface area contributed by atoms with Gasteiger partial charge in [-0.2, -0.15) is 0 Å². The number of carboxylic acid groups (broad SMARTS) is 1. The Morgan fingerprint density at radius 3 is 2.67 bits per heavy atom. The van der Waals surface area contributed by atoms with Gasteiger partial charge < -0.3 is 30.0 Å². The predicted molar refractivity (Wildman–Crippen MR) is 77.7 cm³/mol. The number of alkyl carbamates (subject to hydrolysis) is 1. The van der Waals surface area contributed by atoms with Crippen molar-refractivity contribution in [3.8, 4) is 0 Å². The molecule has 3 aliphatic rings. The number of nitrogens with zero attached hydrogens (tertiary/aromatic N) is 1. The summed E-state index contributed by atoms with van der Waals surface area (Å²) >= 11 is 1.28. The van der Waals surface area contributed by atoms with Crippen LogP contribution in [0.5, 0.6) is 0 Å². The number of β-lactam (4-membered cyclic amide) rings is 1. The SMILES string of the molecule is C[C@@H](O)[C@H]1C(=O)N2C(C(=O)[O-])=C(SC3CNC(=O)OC3)[C@H](C)[C@H]12.[Na+]. The summed E-state index contributed by atoms with van der Waals surface area (Å²) < 4.78 is 4.90. The maximum atomic E-state index is 12.2. The fourth-order valence-corrected chi connectivity index (χ4v) is 4.71. The number of nitrogens with one attached hydrogen (secondary N) is 1. The van der Waals surface area contributed by atoms with Crippen molar-refractivity contribution in [1.82, 2.24) is 10.2 Å². The number of carbonyl (C=O) groups excluding carboxylic acids is 3. The van der Waals surface area contributed by atoms with Gasteiger partial charge in [-0.15, -0.1) is 11.8 Å². The summed E-state index contributed by atoms with van der Waals surface area (Å²) in [4.78, 5) is 36.5. The fraction of sp³-hybridized carbons (Fsp3) is 0.643. The van der Waals surface area contributed by atoms with Crippen molar-refractivity contribution >= 4 is 29.7 Å². The van der Waals surface area contributed by atoms with Crippen molar-refractivity contribution in [3.05, 3.63) is 10.6 Å². The minimum atomic E-state index is -1.40. The molecule has 3 rings (SSSR count). The Balaban J connectivity index is 0.00000208. The molecule has 5 atom stereocenters. The second kappa shape index (κ2) is 7.25. The van der Waals surface area contributed by atoms with Crippen molar-refractivity contribution in [1.29, 1.82) is 0 Å². The van der Waals surface area contributed by atoms with E-state index in [0.717, 1.165) is 0 Å². The normalized spacial score (nSPS) is 33.0. The van der Waals surface area contributed by atoms with E-state index in [-0.39, 0.29) is 65.0 Å². The van der Waals surface area contributed by atoms with Crippen molar-refractivity contribution < 1.29 is 58.9 Å². The number of ether oxygens (including phenoxy) is 1. The number of cyclic esters (lactones) is 1. The predicted octanol–water partition coefficient (Wildman–Crippen LogP) is -4.35. The molecule has 8 nitrogen and oxygen atoms in total. The van der Waals surface area contributed by atoms with E-state index in [1.165, 1.54) is 23.6 Å². The van der Waals surface area contributed by atoms with E-state index in [4.69, 9.17) is 4.74 Å². The number of amides is 2. The molecule has 3 heterocycles. The summed E-state index contributed by atoms with van der Waals surface area (Å²) in [6, 6.07) is -0.364. The van der Waals surface area contributed by atoms with Gasteiger partial charge in [0.25, 0.3) is 0 Å². The topological polar surface area (TPSA) is 119 Å². The molecule has 24 heavy (non-hydrogen) atoms. The molecule has 0 saturated carbocycles. The number of hydrogen-bond donors (Lipinski definition) is 2. The van der Waals surface area contributed by atoms with E-state index in [9.17, 15) is 24.6 Å². The number of thioether (sulfide) groups is 1. The first-order valence-corrected chi connectivity index (χ1v) is 8.24. The van der Waals surface area contributed by atoms with Gasteiger partial charge in [0.2, 0.25) is 5.91 Å². The maximum Gasteiger partial charge on any atom is 1.00 e. The molecule has 0 spiro atoms. The van der Waals surface area contributed by atoms with Gasteiger partial charge in [0, 0.05) is 17.4 Å². The van der Waals surface area contributed by atoms with Crippen LogP contribution in [0.3, 0.4) is 0 Å². The molecule has 3 aliphatic heterocycles.